The van der Waals surface area contributed by atoms with Gasteiger partial charge in [0, 0.05) is 13.1 Å². The monoisotopic (exact) mass is 523 g/mol. The van der Waals surface area contributed by atoms with E-state index < -0.39 is 6.10 Å². The summed E-state index contributed by atoms with van der Waals surface area (Å²) < 4.78 is 19.8. The van der Waals surface area contributed by atoms with Crippen LogP contribution in [0.15, 0.2) is 108 Å². The highest BCUT2D eigenvalue weighted by Gasteiger charge is 2.23. The molecule has 0 saturated carbocycles. The third-order valence-corrected chi connectivity index (χ3v) is 6.34. The Labute approximate surface area is 228 Å². The number of furan rings is 1. The number of aliphatic hydroxyl groups is 1. The molecule has 200 valence electrons. The molecule has 0 saturated heterocycles. The number of rotatable bonds is 12. The summed E-state index contributed by atoms with van der Waals surface area (Å²) in [5, 5.41) is 15.8. The van der Waals surface area contributed by atoms with E-state index in [9.17, 15) is 5.11 Å². The van der Waals surface area contributed by atoms with Crippen molar-refractivity contribution in [2.75, 3.05) is 13.2 Å². The molecule has 0 bridgehead atoms. The Hall–Kier alpha value is -4.33. The number of benzene rings is 3. The first kappa shape index (κ1) is 26.3. The van der Waals surface area contributed by atoms with Crippen LogP contribution >= 0.6 is 0 Å². The maximum atomic E-state index is 10.9. The van der Waals surface area contributed by atoms with Gasteiger partial charge in [-0.2, -0.15) is 5.10 Å². The Morgan fingerprint density at radius 2 is 1.62 bits per heavy atom. The van der Waals surface area contributed by atoms with Crippen molar-refractivity contribution in [1.29, 1.82) is 0 Å². The minimum atomic E-state index is -0.717. The molecule has 1 atom stereocenters. The summed E-state index contributed by atoms with van der Waals surface area (Å²) in [6.45, 7) is 5.56. The number of nitrogens with zero attached hydrogens (tertiary/aromatic N) is 3. The molecule has 0 radical (unpaired) electrons. The molecule has 1 N–H and O–H groups in total. The first-order valence-corrected chi connectivity index (χ1v) is 13.0. The molecule has 0 amide bonds. The smallest absolute Gasteiger partial charge is 0.227 e. The Kier molecular flexibility index (Phi) is 8.41. The van der Waals surface area contributed by atoms with Gasteiger partial charge in [0.2, 0.25) is 5.88 Å². The summed E-state index contributed by atoms with van der Waals surface area (Å²) in [7, 11) is 0. The average molecular weight is 524 g/mol. The lowest BCUT2D eigenvalue weighted by molar-refractivity contribution is 0.0601. The number of aliphatic hydroxyl groups excluding tert-OH is 1. The minimum Gasteiger partial charge on any atom is -0.491 e. The van der Waals surface area contributed by atoms with Crippen molar-refractivity contribution in [2.24, 2.45) is 0 Å². The number of ether oxygens (including phenoxy) is 2. The van der Waals surface area contributed by atoms with Gasteiger partial charge in [-0.25, -0.2) is 4.68 Å². The number of para-hydroxylation sites is 2. The van der Waals surface area contributed by atoms with E-state index in [0.717, 1.165) is 39.8 Å². The molecule has 5 aromatic rings. The zero-order valence-corrected chi connectivity index (χ0v) is 22.2. The molecule has 7 heteroatoms. The van der Waals surface area contributed by atoms with E-state index in [1.165, 1.54) is 0 Å². The highest BCUT2D eigenvalue weighted by Crippen LogP contribution is 2.32. The Bertz CT molecular complexity index is 1450. The van der Waals surface area contributed by atoms with Gasteiger partial charge >= 0.3 is 0 Å². The molecule has 3 aromatic carbocycles. The second kappa shape index (κ2) is 12.5. The lowest BCUT2D eigenvalue weighted by Gasteiger charge is -2.25. The highest BCUT2D eigenvalue weighted by atomic mass is 16.5. The van der Waals surface area contributed by atoms with E-state index in [0.29, 0.717) is 25.5 Å². The van der Waals surface area contributed by atoms with Crippen molar-refractivity contribution in [3.63, 3.8) is 0 Å². The van der Waals surface area contributed by atoms with Crippen molar-refractivity contribution in [2.45, 2.75) is 33.0 Å². The molecule has 7 nitrogen and oxygen atoms in total. The zero-order chi connectivity index (χ0) is 27.0. The molecule has 0 fully saturated rings. The van der Waals surface area contributed by atoms with E-state index >= 15 is 0 Å². The topological polar surface area (TPSA) is 72.9 Å². The van der Waals surface area contributed by atoms with Crippen molar-refractivity contribution < 1.29 is 19.0 Å². The van der Waals surface area contributed by atoms with E-state index in [2.05, 4.69) is 4.90 Å². The maximum Gasteiger partial charge on any atom is 0.227 e. The number of aromatic nitrogens is 2. The molecule has 0 spiro atoms. The molecular formula is C32H33N3O4. The van der Waals surface area contributed by atoms with Gasteiger partial charge in [-0.05, 0) is 67.9 Å². The summed E-state index contributed by atoms with van der Waals surface area (Å²) in [5.41, 5.74) is 3.80. The van der Waals surface area contributed by atoms with Crippen LogP contribution in [-0.2, 0) is 13.1 Å². The molecule has 2 heterocycles. The lowest BCUT2D eigenvalue weighted by atomic mass is 10.2. The minimum absolute atomic E-state index is 0.174. The fourth-order valence-electron chi connectivity index (χ4n) is 4.45. The van der Waals surface area contributed by atoms with Crippen LogP contribution in [0.3, 0.4) is 0 Å². The van der Waals surface area contributed by atoms with Crippen LogP contribution in [-0.4, -0.2) is 39.0 Å². The van der Waals surface area contributed by atoms with Crippen LogP contribution in [0.25, 0.3) is 5.69 Å². The molecular weight excluding hydrogens is 490 g/mol. The molecule has 0 aliphatic heterocycles. The predicted octanol–water partition coefficient (Wildman–Crippen LogP) is 6.32. The van der Waals surface area contributed by atoms with Gasteiger partial charge in [-0.3, -0.25) is 4.90 Å². The first-order chi connectivity index (χ1) is 19.0. The van der Waals surface area contributed by atoms with Crippen LogP contribution in [0, 0.1) is 13.8 Å². The fourth-order valence-corrected chi connectivity index (χ4v) is 4.45. The van der Waals surface area contributed by atoms with Gasteiger partial charge < -0.3 is 19.0 Å². The summed E-state index contributed by atoms with van der Waals surface area (Å²) in [6.07, 6.45) is 0.943. The largest absolute Gasteiger partial charge is 0.491 e. The van der Waals surface area contributed by atoms with Crippen molar-refractivity contribution >= 4 is 0 Å². The lowest BCUT2D eigenvalue weighted by Crippen LogP contribution is -2.35. The van der Waals surface area contributed by atoms with Gasteiger partial charge in [-0.15, -0.1) is 0 Å². The Morgan fingerprint density at radius 3 is 2.33 bits per heavy atom. The quantitative estimate of drug-likeness (QED) is 0.206. The number of aryl methyl sites for hydroxylation is 2. The SMILES string of the molecule is Cc1cccc(Oc2c(CN(Cc3ccco3)CC(O)COc3ccccc3)c(C)nn2-c2ccccc2)c1. The number of hydrogen-bond donors (Lipinski definition) is 1. The summed E-state index contributed by atoms with van der Waals surface area (Å²) in [6, 6.07) is 31.2. The summed E-state index contributed by atoms with van der Waals surface area (Å²) >= 11 is 0. The van der Waals surface area contributed by atoms with Crippen LogP contribution in [0.4, 0.5) is 0 Å². The Balaban J connectivity index is 1.43. The van der Waals surface area contributed by atoms with E-state index in [1.807, 2.05) is 116 Å². The molecule has 0 aliphatic rings. The standard InChI is InChI=1S/C32H33N3O4/c1-24-11-9-16-29(19-24)39-32-31(25(2)33-35(32)26-12-5-3-6-13-26)22-34(21-30-17-10-18-37-30)20-27(36)23-38-28-14-7-4-8-15-28/h3-19,27,36H,20-23H2,1-2H3. The maximum absolute atomic E-state index is 10.9. The normalized spacial score (nSPS) is 12.0. The summed E-state index contributed by atoms with van der Waals surface area (Å²) in [4.78, 5) is 2.13. The van der Waals surface area contributed by atoms with Crippen LogP contribution in [0.1, 0.15) is 22.6 Å². The third kappa shape index (κ3) is 6.96. The highest BCUT2D eigenvalue weighted by molar-refractivity contribution is 5.43. The van der Waals surface area contributed by atoms with Crippen LogP contribution in [0.5, 0.6) is 17.4 Å². The van der Waals surface area contributed by atoms with Crippen molar-refractivity contribution in [3.05, 3.63) is 126 Å². The first-order valence-electron chi connectivity index (χ1n) is 13.0. The molecule has 1 unspecified atom stereocenters. The Morgan fingerprint density at radius 1 is 0.872 bits per heavy atom. The third-order valence-electron chi connectivity index (χ3n) is 6.34. The van der Waals surface area contributed by atoms with Gasteiger partial charge in [0.25, 0.3) is 0 Å². The zero-order valence-electron chi connectivity index (χ0n) is 22.2. The second-order valence-corrected chi connectivity index (χ2v) is 9.56. The van der Waals surface area contributed by atoms with Crippen molar-refractivity contribution in [1.82, 2.24) is 14.7 Å². The van der Waals surface area contributed by atoms with Gasteiger partial charge in [0.05, 0.1) is 29.8 Å². The van der Waals surface area contributed by atoms with E-state index in [4.69, 9.17) is 19.0 Å². The predicted molar refractivity (Wildman–Crippen MR) is 150 cm³/mol. The van der Waals surface area contributed by atoms with Crippen LogP contribution < -0.4 is 9.47 Å². The number of hydrogen-bond acceptors (Lipinski definition) is 6. The van der Waals surface area contributed by atoms with Gasteiger partial charge in [0.15, 0.2) is 0 Å². The van der Waals surface area contributed by atoms with Crippen molar-refractivity contribution in [3.8, 4) is 23.1 Å². The average Bonchev–Trinajstić information content (AvgIpc) is 3.57. The van der Waals surface area contributed by atoms with E-state index in [1.54, 1.807) is 6.26 Å². The summed E-state index contributed by atoms with van der Waals surface area (Å²) in [5.74, 6) is 2.91. The second-order valence-electron chi connectivity index (χ2n) is 9.56. The van der Waals surface area contributed by atoms with Crippen LogP contribution in [0.2, 0.25) is 0 Å². The molecule has 39 heavy (non-hydrogen) atoms. The van der Waals surface area contributed by atoms with Gasteiger partial charge in [0.1, 0.15) is 30.0 Å². The van der Waals surface area contributed by atoms with Gasteiger partial charge in [-0.1, -0.05) is 48.5 Å². The molecule has 2 aromatic heterocycles. The molecule has 0 aliphatic carbocycles. The molecule has 5 rings (SSSR count). The fraction of sp³-hybridized carbons (Fsp3) is 0.219. The van der Waals surface area contributed by atoms with E-state index in [-0.39, 0.29) is 6.61 Å².